The van der Waals surface area contributed by atoms with Gasteiger partial charge in [0.1, 0.15) is 0 Å². The molecule has 0 atom stereocenters. The molecule has 0 bridgehead atoms. The summed E-state index contributed by atoms with van der Waals surface area (Å²) in [5.41, 5.74) is 0. The van der Waals surface area contributed by atoms with Crippen LogP contribution < -0.4 is 0 Å². The highest BCUT2D eigenvalue weighted by Gasteiger charge is 2.19. The Balaban J connectivity index is 1.74. The minimum Gasteiger partial charge on any atom is -0.337 e. The molecule has 0 aliphatic heterocycles. The van der Waals surface area contributed by atoms with Crippen LogP contribution in [0.3, 0.4) is 0 Å². The molecule has 18 heavy (non-hydrogen) atoms. The minimum absolute atomic E-state index is 0.832. The molecule has 0 unspecified atom stereocenters. The number of rotatable bonds is 7. The van der Waals surface area contributed by atoms with Crippen LogP contribution in [-0.4, -0.2) is 38.9 Å². The van der Waals surface area contributed by atoms with Crippen LogP contribution >= 0.6 is 15.9 Å². The Morgan fingerprint density at radius 3 is 2.72 bits per heavy atom. The van der Waals surface area contributed by atoms with E-state index in [9.17, 15) is 0 Å². The largest absolute Gasteiger partial charge is 0.337 e. The van der Waals surface area contributed by atoms with Gasteiger partial charge in [-0.25, -0.2) is 4.98 Å². The molecule has 0 radical (unpaired) electrons. The van der Waals surface area contributed by atoms with Gasteiger partial charge >= 0.3 is 0 Å². The second-order valence-corrected chi connectivity index (χ2v) is 5.96. The van der Waals surface area contributed by atoms with E-state index < -0.39 is 0 Å². The summed E-state index contributed by atoms with van der Waals surface area (Å²) in [6.45, 7) is 3.49. The summed E-state index contributed by atoms with van der Waals surface area (Å²) in [6, 6.07) is 0.832. The molecule has 1 heterocycles. The van der Waals surface area contributed by atoms with Gasteiger partial charge in [-0.05, 0) is 19.3 Å². The first-order valence-electron chi connectivity index (χ1n) is 7.16. The zero-order chi connectivity index (χ0) is 12.6. The summed E-state index contributed by atoms with van der Waals surface area (Å²) >= 11 is 3.59. The van der Waals surface area contributed by atoms with Crippen molar-refractivity contribution in [2.45, 2.75) is 51.1 Å². The average molecular weight is 314 g/mol. The molecule has 102 valence electrons. The van der Waals surface area contributed by atoms with Gasteiger partial charge < -0.3 is 4.57 Å². The van der Waals surface area contributed by atoms with E-state index in [1.165, 1.54) is 51.6 Å². The number of nitrogens with zero attached hydrogens (tertiary/aromatic N) is 3. The third-order valence-electron chi connectivity index (χ3n) is 3.88. The smallest absolute Gasteiger partial charge is 0.0945 e. The first-order valence-corrected chi connectivity index (χ1v) is 8.28. The molecule has 4 heteroatoms. The Hall–Kier alpha value is -0.350. The normalized spacial score (nSPS) is 17.4. The van der Waals surface area contributed by atoms with Crippen LogP contribution in [0.5, 0.6) is 0 Å². The van der Waals surface area contributed by atoms with Crippen LogP contribution in [0, 0.1) is 0 Å². The van der Waals surface area contributed by atoms with Gasteiger partial charge in [0.15, 0.2) is 0 Å². The van der Waals surface area contributed by atoms with Crippen molar-refractivity contribution in [3.8, 4) is 0 Å². The predicted molar refractivity (Wildman–Crippen MR) is 79.1 cm³/mol. The number of aryl methyl sites for hydroxylation is 1. The lowest BCUT2D eigenvalue weighted by atomic mass is 9.94. The van der Waals surface area contributed by atoms with Crippen molar-refractivity contribution in [2.75, 3.05) is 18.4 Å². The second kappa shape index (κ2) is 7.95. The Bertz CT molecular complexity index is 307. The molecule has 0 aromatic carbocycles. The lowest BCUT2D eigenvalue weighted by Gasteiger charge is -2.34. The van der Waals surface area contributed by atoms with Gasteiger partial charge in [0, 0.05) is 43.4 Å². The Morgan fingerprint density at radius 2 is 2.06 bits per heavy atom. The summed E-state index contributed by atoms with van der Waals surface area (Å²) in [4.78, 5) is 6.77. The van der Waals surface area contributed by atoms with E-state index in [-0.39, 0.29) is 0 Å². The van der Waals surface area contributed by atoms with E-state index in [0.29, 0.717) is 0 Å². The van der Waals surface area contributed by atoms with E-state index >= 15 is 0 Å². The van der Waals surface area contributed by atoms with Crippen molar-refractivity contribution in [2.24, 2.45) is 0 Å². The molecule has 1 aliphatic carbocycles. The topological polar surface area (TPSA) is 21.1 Å². The van der Waals surface area contributed by atoms with Crippen molar-refractivity contribution in [1.82, 2.24) is 14.5 Å². The maximum absolute atomic E-state index is 4.09. The van der Waals surface area contributed by atoms with E-state index in [4.69, 9.17) is 0 Å². The maximum atomic E-state index is 4.09. The van der Waals surface area contributed by atoms with Crippen molar-refractivity contribution in [3.63, 3.8) is 0 Å². The SMILES string of the molecule is BrCCN(CCCn1ccnc1)C1CCCCC1. The molecule has 0 spiro atoms. The minimum atomic E-state index is 0.832. The van der Waals surface area contributed by atoms with Crippen LogP contribution in [0.2, 0.25) is 0 Å². The number of hydrogen-bond acceptors (Lipinski definition) is 2. The molecular formula is C14H24BrN3. The molecule has 3 nitrogen and oxygen atoms in total. The molecule has 1 aromatic heterocycles. The fourth-order valence-electron chi connectivity index (χ4n) is 2.91. The average Bonchev–Trinajstić information content (AvgIpc) is 2.92. The van der Waals surface area contributed by atoms with Crippen molar-refractivity contribution in [1.29, 1.82) is 0 Å². The van der Waals surface area contributed by atoms with Crippen molar-refractivity contribution in [3.05, 3.63) is 18.7 Å². The first kappa shape index (κ1) is 14.1. The quantitative estimate of drug-likeness (QED) is 0.720. The summed E-state index contributed by atoms with van der Waals surface area (Å²) in [6.07, 6.45) is 14.1. The first-order chi connectivity index (χ1) is 8.90. The van der Waals surface area contributed by atoms with Crippen LogP contribution in [0.1, 0.15) is 38.5 Å². The van der Waals surface area contributed by atoms with Crippen LogP contribution in [0.25, 0.3) is 0 Å². The van der Waals surface area contributed by atoms with Gasteiger partial charge in [0.2, 0.25) is 0 Å². The van der Waals surface area contributed by atoms with Crippen molar-refractivity contribution < 1.29 is 0 Å². The molecule has 1 aliphatic rings. The Labute approximate surface area is 119 Å². The van der Waals surface area contributed by atoms with Gasteiger partial charge in [0.05, 0.1) is 6.33 Å². The molecule has 1 aromatic rings. The number of halogens is 1. The Kier molecular flexibility index (Phi) is 6.21. The predicted octanol–water partition coefficient (Wildman–Crippen LogP) is 3.30. The van der Waals surface area contributed by atoms with Crippen LogP contribution in [0.15, 0.2) is 18.7 Å². The standard InChI is InChI=1S/C14H24BrN3/c15-7-11-18(14-5-2-1-3-6-14)10-4-9-17-12-8-16-13-17/h8,12-14H,1-7,9-11H2. The fourth-order valence-corrected chi connectivity index (χ4v) is 3.36. The third kappa shape index (κ3) is 4.39. The highest BCUT2D eigenvalue weighted by Crippen LogP contribution is 2.22. The molecule has 0 amide bonds. The summed E-state index contributed by atoms with van der Waals surface area (Å²) < 4.78 is 2.17. The zero-order valence-corrected chi connectivity index (χ0v) is 12.7. The third-order valence-corrected chi connectivity index (χ3v) is 4.24. The van der Waals surface area contributed by atoms with Gasteiger partial charge in [-0.3, -0.25) is 4.90 Å². The van der Waals surface area contributed by atoms with E-state index in [2.05, 4.69) is 36.6 Å². The van der Waals surface area contributed by atoms with Gasteiger partial charge in [-0.15, -0.1) is 0 Å². The molecular weight excluding hydrogens is 290 g/mol. The van der Waals surface area contributed by atoms with Crippen molar-refractivity contribution >= 4 is 15.9 Å². The molecule has 0 N–H and O–H groups in total. The lowest BCUT2D eigenvalue weighted by Crippen LogP contribution is -2.39. The summed E-state index contributed by atoms with van der Waals surface area (Å²) in [5.74, 6) is 0. The number of alkyl halides is 1. The summed E-state index contributed by atoms with van der Waals surface area (Å²) in [7, 11) is 0. The molecule has 1 saturated carbocycles. The molecule has 1 fully saturated rings. The fraction of sp³-hybridized carbons (Fsp3) is 0.786. The van der Waals surface area contributed by atoms with E-state index in [1.807, 2.05) is 12.5 Å². The monoisotopic (exact) mass is 313 g/mol. The van der Waals surface area contributed by atoms with E-state index in [1.54, 1.807) is 0 Å². The summed E-state index contributed by atoms with van der Waals surface area (Å²) in [5, 5.41) is 1.09. The Morgan fingerprint density at radius 1 is 1.22 bits per heavy atom. The lowest BCUT2D eigenvalue weighted by molar-refractivity contribution is 0.161. The van der Waals surface area contributed by atoms with Gasteiger partial charge in [0.25, 0.3) is 0 Å². The highest BCUT2D eigenvalue weighted by atomic mass is 79.9. The van der Waals surface area contributed by atoms with Gasteiger partial charge in [-0.1, -0.05) is 35.2 Å². The zero-order valence-electron chi connectivity index (χ0n) is 11.1. The second-order valence-electron chi connectivity index (χ2n) is 5.17. The number of imidazole rings is 1. The van der Waals surface area contributed by atoms with Gasteiger partial charge in [-0.2, -0.15) is 0 Å². The van der Waals surface area contributed by atoms with Crippen LogP contribution in [-0.2, 0) is 6.54 Å². The molecule has 2 rings (SSSR count). The molecule has 0 saturated heterocycles. The highest BCUT2D eigenvalue weighted by molar-refractivity contribution is 9.09. The van der Waals surface area contributed by atoms with E-state index in [0.717, 1.165) is 17.9 Å². The maximum Gasteiger partial charge on any atom is 0.0945 e. The number of hydrogen-bond donors (Lipinski definition) is 0. The number of aromatic nitrogens is 2. The van der Waals surface area contributed by atoms with Crippen LogP contribution in [0.4, 0.5) is 0 Å².